The molecule has 0 bridgehead atoms. The lowest BCUT2D eigenvalue weighted by atomic mass is 9.91. The maximum atomic E-state index is 12.4. The highest BCUT2D eigenvalue weighted by molar-refractivity contribution is 5.73. The quantitative estimate of drug-likeness (QED) is 0.299. The molecule has 2 atom stereocenters. The largest absolute Gasteiger partial charge is 0.493 e. The number of ether oxygens (including phenoxy) is 2. The summed E-state index contributed by atoms with van der Waals surface area (Å²) in [5, 5.41) is 0. The Morgan fingerprint density at radius 3 is 2.14 bits per heavy atom. The molecule has 1 aromatic heterocycles. The van der Waals surface area contributed by atoms with E-state index < -0.39 is 0 Å². The van der Waals surface area contributed by atoms with Crippen molar-refractivity contribution in [3.63, 3.8) is 0 Å². The van der Waals surface area contributed by atoms with Gasteiger partial charge in [-0.2, -0.15) is 0 Å². The van der Waals surface area contributed by atoms with Crippen LogP contribution in [0, 0.1) is 55.3 Å². The third-order valence-corrected chi connectivity index (χ3v) is 5.00. The molecule has 4 heteroatoms. The van der Waals surface area contributed by atoms with Gasteiger partial charge in [0, 0.05) is 36.2 Å². The van der Waals surface area contributed by atoms with E-state index in [1.165, 1.54) is 0 Å². The number of pyridine rings is 1. The lowest BCUT2D eigenvalue weighted by Gasteiger charge is -2.22. The Morgan fingerprint density at radius 2 is 1.59 bits per heavy atom. The van der Waals surface area contributed by atoms with Gasteiger partial charge in [0.25, 0.3) is 0 Å². The van der Waals surface area contributed by atoms with Crippen LogP contribution in [0.15, 0.2) is 24.6 Å². The lowest BCUT2D eigenvalue weighted by molar-refractivity contribution is -0.151. The van der Waals surface area contributed by atoms with E-state index >= 15 is 0 Å². The summed E-state index contributed by atoms with van der Waals surface area (Å²) < 4.78 is 11.5. The summed E-state index contributed by atoms with van der Waals surface area (Å²) in [6.45, 7) is 14.5. The monoisotopic (exact) mass is 395 g/mol. The van der Waals surface area contributed by atoms with Gasteiger partial charge in [-0.3, -0.25) is 9.78 Å². The minimum Gasteiger partial charge on any atom is -0.493 e. The van der Waals surface area contributed by atoms with Crippen LogP contribution in [0.5, 0.6) is 0 Å². The zero-order chi connectivity index (χ0) is 22.0. The summed E-state index contributed by atoms with van der Waals surface area (Å²) in [5.74, 6) is 5.86. The van der Waals surface area contributed by atoms with Gasteiger partial charge in [0.05, 0.1) is 11.7 Å². The maximum absolute atomic E-state index is 12.4. The molecule has 0 aliphatic carbocycles. The molecular weight excluding hydrogens is 362 g/mol. The van der Waals surface area contributed by atoms with E-state index in [-0.39, 0.29) is 30.3 Å². The van der Waals surface area contributed by atoms with Crippen LogP contribution in [-0.2, 0) is 27.5 Å². The molecule has 0 aromatic carbocycles. The number of terminal acetylenes is 2. The van der Waals surface area contributed by atoms with Crippen LogP contribution in [0.25, 0.3) is 0 Å². The van der Waals surface area contributed by atoms with Crippen molar-refractivity contribution >= 4 is 5.97 Å². The van der Waals surface area contributed by atoms with E-state index in [0.717, 1.165) is 16.8 Å². The highest BCUT2D eigenvalue weighted by Crippen LogP contribution is 2.25. The summed E-state index contributed by atoms with van der Waals surface area (Å²) in [7, 11) is 0. The zero-order valence-electron chi connectivity index (χ0n) is 18.3. The number of nitrogens with zero attached hydrogens (tertiary/aromatic N) is 1. The van der Waals surface area contributed by atoms with Crippen molar-refractivity contribution in [2.45, 2.75) is 60.7 Å². The first kappa shape index (κ1) is 24.3. The summed E-state index contributed by atoms with van der Waals surface area (Å²) >= 11 is 0. The predicted octanol–water partition coefficient (Wildman–Crippen LogP) is 5.05. The van der Waals surface area contributed by atoms with E-state index in [9.17, 15) is 4.79 Å². The molecule has 0 amide bonds. The van der Waals surface area contributed by atoms with Gasteiger partial charge in [-0.05, 0) is 30.4 Å². The molecule has 2 unspecified atom stereocenters. The third kappa shape index (κ3) is 7.66. The molecule has 1 aromatic rings. The fraction of sp³-hybridized carbons (Fsp3) is 0.520. The first-order valence-electron chi connectivity index (χ1n) is 10.0. The molecule has 1 rings (SSSR count). The molecule has 0 radical (unpaired) electrons. The average molecular weight is 396 g/mol. The van der Waals surface area contributed by atoms with Gasteiger partial charge in [-0.1, -0.05) is 34.3 Å². The number of aromatic nitrogens is 1. The second-order valence-electron chi connectivity index (χ2n) is 7.97. The van der Waals surface area contributed by atoms with E-state index in [4.69, 9.17) is 22.3 Å². The third-order valence-electron chi connectivity index (χ3n) is 5.00. The molecule has 1 heterocycles. The Bertz CT molecular complexity index is 780. The molecule has 0 N–H and O–H groups in total. The number of aryl methyl sites for hydroxylation is 1. The minimum atomic E-state index is -0.307. The molecule has 0 fully saturated rings. The number of rotatable bonds is 11. The van der Waals surface area contributed by atoms with Crippen LogP contribution in [0.3, 0.4) is 0 Å². The van der Waals surface area contributed by atoms with Crippen molar-refractivity contribution in [3.05, 3.63) is 41.4 Å². The van der Waals surface area contributed by atoms with Crippen LogP contribution in [0.2, 0.25) is 0 Å². The Balaban J connectivity index is 2.85. The van der Waals surface area contributed by atoms with E-state index in [1.54, 1.807) is 6.20 Å². The zero-order valence-corrected chi connectivity index (χ0v) is 18.3. The van der Waals surface area contributed by atoms with Gasteiger partial charge < -0.3 is 9.47 Å². The summed E-state index contributed by atoms with van der Waals surface area (Å²) in [6, 6.07) is 1.90. The van der Waals surface area contributed by atoms with Gasteiger partial charge >= 0.3 is 5.97 Å². The predicted molar refractivity (Wildman–Crippen MR) is 116 cm³/mol. The summed E-state index contributed by atoms with van der Waals surface area (Å²) in [5.41, 5.74) is 2.56. The molecule has 29 heavy (non-hydrogen) atoms. The standard InChI is InChI=1S/C25H33NO3/c1-9-11-23(17(3)4)20(8)28-16-22-14-26-19(7)13-21(22)15-29-25(27)24(12-10-2)18(5)6/h1-2,13-14,17-18,23-24H,8,11-12,15-16H2,3-7H3. The van der Waals surface area contributed by atoms with E-state index in [1.807, 2.05) is 26.8 Å². The molecule has 0 saturated carbocycles. The Kier molecular flexibility index (Phi) is 10.0. The second kappa shape index (κ2) is 12.0. The second-order valence-corrected chi connectivity index (χ2v) is 7.97. The van der Waals surface area contributed by atoms with Crippen molar-refractivity contribution in [2.75, 3.05) is 0 Å². The highest BCUT2D eigenvalue weighted by Gasteiger charge is 2.23. The van der Waals surface area contributed by atoms with Gasteiger partial charge in [-0.25, -0.2) is 0 Å². The van der Waals surface area contributed by atoms with Crippen molar-refractivity contribution in [2.24, 2.45) is 23.7 Å². The van der Waals surface area contributed by atoms with Gasteiger partial charge in [0.15, 0.2) is 0 Å². The Labute approximate surface area is 176 Å². The molecule has 0 spiro atoms. The number of carbonyl (C=O) groups excluding carboxylic acids is 1. The maximum Gasteiger partial charge on any atom is 0.310 e. The molecule has 0 aliphatic rings. The Hall–Kier alpha value is -2.72. The summed E-state index contributed by atoms with van der Waals surface area (Å²) in [4.78, 5) is 16.8. The molecule has 4 nitrogen and oxygen atoms in total. The van der Waals surface area contributed by atoms with Crippen molar-refractivity contribution in [1.29, 1.82) is 0 Å². The topological polar surface area (TPSA) is 48.4 Å². The van der Waals surface area contributed by atoms with Gasteiger partial charge in [-0.15, -0.1) is 24.7 Å². The van der Waals surface area contributed by atoms with E-state index in [0.29, 0.717) is 31.1 Å². The van der Waals surface area contributed by atoms with Gasteiger partial charge in [0.1, 0.15) is 13.2 Å². The fourth-order valence-electron chi connectivity index (χ4n) is 3.01. The average Bonchev–Trinajstić information content (AvgIpc) is 2.66. The number of esters is 1. The first-order valence-corrected chi connectivity index (χ1v) is 10.0. The number of carbonyl (C=O) groups is 1. The van der Waals surface area contributed by atoms with E-state index in [2.05, 4.69) is 37.3 Å². The molecule has 0 aliphatic heterocycles. The molecule has 156 valence electrons. The van der Waals surface area contributed by atoms with Crippen LogP contribution >= 0.6 is 0 Å². The number of allylic oxidation sites excluding steroid dienone is 1. The first-order chi connectivity index (χ1) is 13.7. The number of hydrogen-bond acceptors (Lipinski definition) is 4. The lowest BCUT2D eigenvalue weighted by Crippen LogP contribution is -2.22. The number of hydrogen-bond donors (Lipinski definition) is 0. The van der Waals surface area contributed by atoms with Crippen molar-refractivity contribution in [1.82, 2.24) is 4.98 Å². The minimum absolute atomic E-state index is 0.0928. The van der Waals surface area contributed by atoms with Crippen molar-refractivity contribution < 1.29 is 14.3 Å². The smallest absolute Gasteiger partial charge is 0.310 e. The van der Waals surface area contributed by atoms with Crippen LogP contribution in [0.4, 0.5) is 0 Å². The van der Waals surface area contributed by atoms with Crippen LogP contribution in [0.1, 0.15) is 57.4 Å². The molecule has 0 saturated heterocycles. The van der Waals surface area contributed by atoms with Crippen molar-refractivity contribution in [3.8, 4) is 24.7 Å². The van der Waals surface area contributed by atoms with Gasteiger partial charge in [0.2, 0.25) is 0 Å². The van der Waals surface area contributed by atoms with Crippen LogP contribution in [-0.4, -0.2) is 11.0 Å². The highest BCUT2D eigenvalue weighted by atomic mass is 16.5. The fourth-order valence-corrected chi connectivity index (χ4v) is 3.01. The molecular formula is C25H33NO3. The normalized spacial score (nSPS) is 12.7. The van der Waals surface area contributed by atoms with Crippen LogP contribution < -0.4 is 0 Å². The SMILES string of the molecule is C#CCC(C(=C)OCc1cnc(C)cc1COC(=O)C(CC#C)C(C)C)C(C)C. The Morgan fingerprint density at radius 1 is 1.03 bits per heavy atom. The summed E-state index contributed by atoms with van der Waals surface area (Å²) in [6.07, 6.45) is 13.6.